The molecule has 1 aliphatic carbocycles. The molecule has 0 aromatic rings. The number of allylic oxidation sites excluding steroid dienone is 2. The first kappa shape index (κ1) is 21.7. The number of hydrogen-bond donors (Lipinski definition) is 0. The van der Waals surface area contributed by atoms with E-state index in [1.165, 1.54) is 44.9 Å². The Hall–Kier alpha value is -0.340. The molecule has 5 atom stereocenters. The largest absolute Gasteiger partial charge is 0.378 e. The molecule has 0 aromatic heterocycles. The summed E-state index contributed by atoms with van der Waals surface area (Å²) >= 11 is 0. The second-order valence-electron chi connectivity index (χ2n) is 8.58. The van der Waals surface area contributed by atoms with Gasteiger partial charge in [0.1, 0.15) is 0 Å². The van der Waals surface area contributed by atoms with E-state index >= 15 is 0 Å². The van der Waals surface area contributed by atoms with Crippen molar-refractivity contribution >= 4 is 0 Å². The predicted octanol–water partition coefficient (Wildman–Crippen LogP) is 6.40. The molecular formula is C22H42O2. The molecule has 0 N–H and O–H groups in total. The third-order valence-electron chi connectivity index (χ3n) is 5.36. The monoisotopic (exact) mass is 338 g/mol. The molecule has 2 fully saturated rings. The van der Waals surface area contributed by atoms with E-state index in [0.29, 0.717) is 12.2 Å². The Labute approximate surface area is 151 Å². The van der Waals surface area contributed by atoms with Gasteiger partial charge in [0, 0.05) is 13.2 Å². The highest BCUT2D eigenvalue weighted by Crippen LogP contribution is 2.21. The fourth-order valence-corrected chi connectivity index (χ4v) is 3.13. The zero-order valence-corrected chi connectivity index (χ0v) is 17.1. The summed E-state index contributed by atoms with van der Waals surface area (Å²) in [7, 11) is 0. The zero-order chi connectivity index (χ0) is 17.9. The van der Waals surface area contributed by atoms with Crippen LogP contribution in [0.3, 0.4) is 0 Å². The average molecular weight is 339 g/mol. The van der Waals surface area contributed by atoms with Gasteiger partial charge >= 0.3 is 0 Å². The molecule has 142 valence electrons. The van der Waals surface area contributed by atoms with Gasteiger partial charge in [-0.2, -0.15) is 0 Å². The minimum absolute atomic E-state index is 0.520. The van der Waals surface area contributed by atoms with Crippen LogP contribution >= 0.6 is 0 Å². The molecule has 24 heavy (non-hydrogen) atoms. The molecule has 0 spiro atoms. The van der Waals surface area contributed by atoms with Gasteiger partial charge in [-0.1, -0.05) is 32.4 Å². The second-order valence-corrected chi connectivity index (χ2v) is 8.58. The van der Waals surface area contributed by atoms with E-state index in [2.05, 4.69) is 47.6 Å². The van der Waals surface area contributed by atoms with Crippen molar-refractivity contribution in [2.75, 3.05) is 13.2 Å². The van der Waals surface area contributed by atoms with Gasteiger partial charge in [-0.15, -0.1) is 0 Å². The number of ether oxygens (including phenoxy) is 2. The highest BCUT2D eigenvalue weighted by atomic mass is 16.5. The maximum absolute atomic E-state index is 5.39. The molecule has 2 nitrogen and oxygen atoms in total. The van der Waals surface area contributed by atoms with Gasteiger partial charge in [-0.3, -0.25) is 0 Å². The van der Waals surface area contributed by atoms with Crippen molar-refractivity contribution in [1.82, 2.24) is 0 Å². The summed E-state index contributed by atoms with van der Waals surface area (Å²) < 4.78 is 10.8. The van der Waals surface area contributed by atoms with E-state index in [4.69, 9.17) is 9.47 Å². The van der Waals surface area contributed by atoms with E-state index in [9.17, 15) is 0 Å². The van der Waals surface area contributed by atoms with Gasteiger partial charge in [0.2, 0.25) is 0 Å². The Morgan fingerprint density at radius 1 is 0.708 bits per heavy atom. The van der Waals surface area contributed by atoms with E-state index in [0.717, 1.165) is 31.0 Å². The first-order valence-corrected chi connectivity index (χ1v) is 10.3. The molecule has 2 aliphatic heterocycles. The van der Waals surface area contributed by atoms with E-state index < -0.39 is 0 Å². The van der Waals surface area contributed by atoms with Gasteiger partial charge < -0.3 is 9.47 Å². The molecule has 2 heterocycles. The van der Waals surface area contributed by atoms with Crippen molar-refractivity contribution in [2.24, 2.45) is 17.8 Å². The van der Waals surface area contributed by atoms with Crippen LogP contribution in [0, 0.1) is 17.8 Å². The lowest BCUT2D eigenvalue weighted by Crippen LogP contribution is -2.21. The smallest absolute Gasteiger partial charge is 0.0547 e. The van der Waals surface area contributed by atoms with Crippen molar-refractivity contribution in [3.05, 3.63) is 11.6 Å². The maximum atomic E-state index is 5.39. The van der Waals surface area contributed by atoms with Crippen molar-refractivity contribution < 1.29 is 9.47 Å². The van der Waals surface area contributed by atoms with Crippen LogP contribution in [0.15, 0.2) is 11.6 Å². The molecule has 3 rings (SSSR count). The quantitative estimate of drug-likeness (QED) is 0.476. The minimum Gasteiger partial charge on any atom is -0.378 e. The Balaban J connectivity index is 0.000000180. The van der Waals surface area contributed by atoms with Crippen LogP contribution < -0.4 is 0 Å². The van der Waals surface area contributed by atoms with E-state index in [-0.39, 0.29) is 0 Å². The second kappa shape index (κ2) is 12.1. The van der Waals surface area contributed by atoms with Gasteiger partial charge in [0.15, 0.2) is 0 Å². The molecule has 0 aromatic carbocycles. The SMILES string of the molecule is CC1=CCC(C)CC1.CC1CCC(C)OC1.CC1CCC(C)OC1. The third kappa shape index (κ3) is 10.5. The fraction of sp³-hybridized carbons (Fsp3) is 0.909. The normalized spacial score (nSPS) is 36.4. The van der Waals surface area contributed by atoms with E-state index in [1.54, 1.807) is 5.57 Å². The Bertz CT molecular complexity index is 294. The molecule has 0 amide bonds. The molecule has 3 aliphatic rings. The van der Waals surface area contributed by atoms with Crippen LogP contribution in [0.4, 0.5) is 0 Å². The predicted molar refractivity (Wildman–Crippen MR) is 104 cm³/mol. The highest BCUT2D eigenvalue weighted by molar-refractivity contribution is 5.01. The molecular weight excluding hydrogens is 296 g/mol. The minimum atomic E-state index is 0.520. The molecule has 2 heteroatoms. The van der Waals surface area contributed by atoms with Crippen LogP contribution in [0.1, 0.15) is 86.5 Å². The fourth-order valence-electron chi connectivity index (χ4n) is 3.13. The maximum Gasteiger partial charge on any atom is 0.0547 e. The van der Waals surface area contributed by atoms with Crippen LogP contribution in [-0.4, -0.2) is 25.4 Å². The summed E-state index contributed by atoms with van der Waals surface area (Å²) in [5.41, 5.74) is 1.59. The molecule has 2 saturated heterocycles. The Morgan fingerprint density at radius 2 is 1.21 bits per heavy atom. The average Bonchev–Trinajstić information content (AvgIpc) is 2.57. The van der Waals surface area contributed by atoms with Crippen LogP contribution in [-0.2, 0) is 9.47 Å². The first-order chi connectivity index (χ1) is 11.4. The summed E-state index contributed by atoms with van der Waals surface area (Å²) in [6, 6.07) is 0. The molecule has 5 unspecified atom stereocenters. The Kier molecular flexibility index (Phi) is 10.9. The van der Waals surface area contributed by atoms with Crippen molar-refractivity contribution in [3.8, 4) is 0 Å². The topological polar surface area (TPSA) is 18.5 Å². The molecule has 0 radical (unpaired) electrons. The highest BCUT2D eigenvalue weighted by Gasteiger charge is 2.14. The number of hydrogen-bond acceptors (Lipinski definition) is 2. The third-order valence-corrected chi connectivity index (χ3v) is 5.36. The lowest BCUT2D eigenvalue weighted by atomic mass is 9.92. The first-order valence-electron chi connectivity index (χ1n) is 10.3. The lowest BCUT2D eigenvalue weighted by molar-refractivity contribution is 0.000174. The van der Waals surface area contributed by atoms with Crippen molar-refractivity contribution in [2.45, 2.75) is 98.7 Å². The summed E-state index contributed by atoms with van der Waals surface area (Å²) in [4.78, 5) is 0. The van der Waals surface area contributed by atoms with Crippen LogP contribution in [0.5, 0.6) is 0 Å². The summed E-state index contributed by atoms with van der Waals surface area (Å²) in [6.45, 7) is 15.3. The molecule has 0 saturated carbocycles. The van der Waals surface area contributed by atoms with Gasteiger partial charge in [-0.25, -0.2) is 0 Å². The van der Waals surface area contributed by atoms with Crippen LogP contribution in [0.25, 0.3) is 0 Å². The standard InChI is InChI=1S/C8H14.2C7H14O/c1-7-3-5-8(2)6-4-7;2*1-6-3-4-7(2)8-5-6/h3,8H,4-6H2,1-2H3;2*6-7H,3-5H2,1-2H3. The summed E-state index contributed by atoms with van der Waals surface area (Å²) in [5, 5.41) is 0. The number of rotatable bonds is 0. The van der Waals surface area contributed by atoms with Gasteiger partial charge in [0.25, 0.3) is 0 Å². The summed E-state index contributed by atoms with van der Waals surface area (Å²) in [6.07, 6.45) is 12.7. The van der Waals surface area contributed by atoms with Crippen LogP contribution in [0.2, 0.25) is 0 Å². The van der Waals surface area contributed by atoms with Crippen molar-refractivity contribution in [1.29, 1.82) is 0 Å². The summed E-state index contributed by atoms with van der Waals surface area (Å²) in [5.74, 6) is 2.54. The molecule has 0 bridgehead atoms. The Morgan fingerprint density at radius 3 is 1.46 bits per heavy atom. The van der Waals surface area contributed by atoms with Gasteiger partial charge in [0.05, 0.1) is 12.2 Å². The lowest BCUT2D eigenvalue weighted by Gasteiger charge is -2.23. The van der Waals surface area contributed by atoms with Gasteiger partial charge in [-0.05, 0) is 83.5 Å². The van der Waals surface area contributed by atoms with E-state index in [1.807, 2.05) is 0 Å². The van der Waals surface area contributed by atoms with Crippen molar-refractivity contribution in [3.63, 3.8) is 0 Å². The zero-order valence-electron chi connectivity index (χ0n) is 17.1.